The van der Waals surface area contributed by atoms with E-state index in [0.29, 0.717) is 25.1 Å². The minimum absolute atomic E-state index is 0.102. The number of methoxy groups -OCH3 is 1. The van der Waals surface area contributed by atoms with Gasteiger partial charge in [-0.15, -0.1) is 0 Å². The highest BCUT2D eigenvalue weighted by molar-refractivity contribution is 5.82. The molecule has 5 heteroatoms. The summed E-state index contributed by atoms with van der Waals surface area (Å²) in [6.07, 6.45) is 4.59. The largest absolute Gasteiger partial charge is 0.468 e. The van der Waals surface area contributed by atoms with Crippen LogP contribution in [0.4, 0.5) is 0 Å². The average Bonchev–Trinajstić information content (AvgIpc) is 3.28. The molecule has 0 heterocycles. The predicted octanol–water partition coefficient (Wildman–Crippen LogP) is 1.03. The Morgan fingerprint density at radius 3 is 2.55 bits per heavy atom. The quantitative estimate of drug-likeness (QED) is 0.480. The van der Waals surface area contributed by atoms with Gasteiger partial charge in [0.25, 0.3) is 0 Å². The smallest absolute Gasteiger partial charge is 0.327 e. The number of hydrogen-bond acceptors (Lipinski definition) is 5. The van der Waals surface area contributed by atoms with Crippen LogP contribution < -0.4 is 5.32 Å². The van der Waals surface area contributed by atoms with E-state index in [2.05, 4.69) is 10.2 Å². The molecule has 1 atom stereocenters. The molecule has 0 amide bonds. The van der Waals surface area contributed by atoms with Gasteiger partial charge in [-0.1, -0.05) is 0 Å². The van der Waals surface area contributed by atoms with Crippen LogP contribution in [0, 0.1) is 5.92 Å². The highest BCUT2D eigenvalue weighted by Gasteiger charge is 2.54. The van der Waals surface area contributed by atoms with Crippen molar-refractivity contribution >= 4 is 5.97 Å². The summed E-state index contributed by atoms with van der Waals surface area (Å²) in [6, 6.07) is 0.495. The minimum atomic E-state index is -0.517. The van der Waals surface area contributed by atoms with Gasteiger partial charge in [0.05, 0.1) is 13.7 Å². The first-order valence-corrected chi connectivity index (χ1v) is 7.74. The molecular weight excluding hydrogens is 256 g/mol. The zero-order valence-electron chi connectivity index (χ0n) is 13.0. The third-order valence-electron chi connectivity index (χ3n) is 4.20. The molecule has 0 saturated heterocycles. The fraction of sp³-hybridized carbons (Fsp3) is 0.933. The summed E-state index contributed by atoms with van der Waals surface area (Å²) in [5.41, 5.74) is -0.517. The van der Waals surface area contributed by atoms with Crippen molar-refractivity contribution < 1.29 is 14.3 Å². The zero-order chi connectivity index (χ0) is 14.6. The van der Waals surface area contributed by atoms with Crippen molar-refractivity contribution in [1.82, 2.24) is 10.2 Å². The van der Waals surface area contributed by atoms with Gasteiger partial charge in [0.2, 0.25) is 0 Å². The van der Waals surface area contributed by atoms with Crippen LogP contribution in [0.15, 0.2) is 0 Å². The molecule has 2 aliphatic rings. The van der Waals surface area contributed by atoms with Gasteiger partial charge in [0, 0.05) is 25.7 Å². The monoisotopic (exact) mass is 284 g/mol. The van der Waals surface area contributed by atoms with Crippen LogP contribution in [0.5, 0.6) is 0 Å². The molecule has 0 spiro atoms. The van der Waals surface area contributed by atoms with Crippen molar-refractivity contribution in [2.24, 2.45) is 5.92 Å². The summed E-state index contributed by atoms with van der Waals surface area (Å²) in [6.45, 7) is 4.98. The molecule has 20 heavy (non-hydrogen) atoms. The molecule has 1 unspecified atom stereocenters. The van der Waals surface area contributed by atoms with Crippen molar-refractivity contribution in [3.8, 4) is 0 Å². The van der Waals surface area contributed by atoms with Gasteiger partial charge in [-0.3, -0.25) is 5.32 Å². The number of nitrogens with zero attached hydrogens (tertiary/aromatic N) is 1. The van der Waals surface area contributed by atoms with Crippen molar-refractivity contribution in [2.45, 2.75) is 44.2 Å². The summed E-state index contributed by atoms with van der Waals surface area (Å²) >= 11 is 0. The number of ether oxygens (including phenoxy) is 2. The molecule has 0 aromatic carbocycles. The Morgan fingerprint density at radius 2 is 2.05 bits per heavy atom. The highest BCUT2D eigenvalue weighted by Crippen LogP contribution is 2.42. The van der Waals surface area contributed by atoms with E-state index in [-0.39, 0.29) is 5.97 Å². The number of nitrogens with one attached hydrogen (secondary N) is 1. The topological polar surface area (TPSA) is 50.8 Å². The number of carbonyl (C=O) groups is 1. The van der Waals surface area contributed by atoms with Crippen LogP contribution in [0.1, 0.15) is 32.6 Å². The lowest BCUT2D eigenvalue weighted by Gasteiger charge is -2.36. The molecule has 0 aliphatic heterocycles. The second-order valence-electron chi connectivity index (χ2n) is 6.09. The SMILES string of the molecule is CCOCCN(C)CC(NC1CC1)(C(=O)OC)C1CC1. The van der Waals surface area contributed by atoms with Crippen LogP contribution in [-0.2, 0) is 14.3 Å². The normalized spacial score (nSPS) is 21.8. The fourth-order valence-corrected chi connectivity index (χ4v) is 2.80. The van der Waals surface area contributed by atoms with Crippen molar-refractivity contribution in [2.75, 3.05) is 40.5 Å². The Kier molecular flexibility index (Phi) is 5.41. The Morgan fingerprint density at radius 1 is 1.35 bits per heavy atom. The lowest BCUT2D eigenvalue weighted by molar-refractivity contribution is -0.151. The van der Waals surface area contributed by atoms with Crippen LogP contribution >= 0.6 is 0 Å². The van der Waals surface area contributed by atoms with E-state index >= 15 is 0 Å². The van der Waals surface area contributed by atoms with Gasteiger partial charge in [0.15, 0.2) is 0 Å². The second-order valence-corrected chi connectivity index (χ2v) is 6.09. The third kappa shape index (κ3) is 3.93. The van der Waals surface area contributed by atoms with Gasteiger partial charge < -0.3 is 14.4 Å². The van der Waals surface area contributed by atoms with E-state index < -0.39 is 5.54 Å². The van der Waals surface area contributed by atoms with Gasteiger partial charge >= 0.3 is 5.97 Å². The zero-order valence-corrected chi connectivity index (χ0v) is 13.0. The van der Waals surface area contributed by atoms with E-state index in [9.17, 15) is 4.79 Å². The lowest BCUT2D eigenvalue weighted by atomic mass is 9.92. The average molecular weight is 284 g/mol. The van der Waals surface area contributed by atoms with E-state index in [1.54, 1.807) is 0 Å². The minimum Gasteiger partial charge on any atom is -0.468 e. The second kappa shape index (κ2) is 6.87. The van der Waals surface area contributed by atoms with E-state index in [1.165, 1.54) is 20.0 Å². The Bertz CT molecular complexity index is 329. The van der Waals surface area contributed by atoms with Gasteiger partial charge in [-0.2, -0.15) is 0 Å². The first-order valence-electron chi connectivity index (χ1n) is 7.74. The van der Waals surface area contributed by atoms with E-state index in [4.69, 9.17) is 9.47 Å². The van der Waals surface area contributed by atoms with Crippen molar-refractivity contribution in [1.29, 1.82) is 0 Å². The predicted molar refractivity (Wildman–Crippen MR) is 77.6 cm³/mol. The van der Waals surface area contributed by atoms with Crippen LogP contribution in [-0.4, -0.2) is 62.9 Å². The molecule has 2 rings (SSSR count). The molecule has 1 N–H and O–H groups in total. The van der Waals surface area contributed by atoms with Crippen molar-refractivity contribution in [3.63, 3.8) is 0 Å². The summed E-state index contributed by atoms with van der Waals surface area (Å²) in [4.78, 5) is 14.6. The molecule has 2 fully saturated rings. The van der Waals surface area contributed by atoms with E-state index in [1.807, 2.05) is 14.0 Å². The molecule has 0 bridgehead atoms. The van der Waals surface area contributed by atoms with Gasteiger partial charge in [0.1, 0.15) is 5.54 Å². The molecule has 5 nitrogen and oxygen atoms in total. The van der Waals surface area contributed by atoms with Crippen LogP contribution in [0.2, 0.25) is 0 Å². The molecule has 116 valence electrons. The van der Waals surface area contributed by atoms with Crippen LogP contribution in [0.25, 0.3) is 0 Å². The Labute approximate surface area is 122 Å². The van der Waals surface area contributed by atoms with Crippen LogP contribution in [0.3, 0.4) is 0 Å². The maximum Gasteiger partial charge on any atom is 0.327 e. The van der Waals surface area contributed by atoms with E-state index in [0.717, 1.165) is 26.0 Å². The van der Waals surface area contributed by atoms with Crippen molar-refractivity contribution in [3.05, 3.63) is 0 Å². The number of rotatable bonds is 10. The first-order chi connectivity index (χ1) is 9.62. The number of hydrogen-bond donors (Lipinski definition) is 1. The highest BCUT2D eigenvalue weighted by atomic mass is 16.5. The maximum atomic E-state index is 12.4. The van der Waals surface area contributed by atoms with Gasteiger partial charge in [-0.05, 0) is 45.6 Å². The third-order valence-corrected chi connectivity index (χ3v) is 4.20. The molecule has 0 aromatic heterocycles. The van der Waals surface area contributed by atoms with Gasteiger partial charge in [-0.25, -0.2) is 4.79 Å². The number of likely N-dealkylation sites (N-methyl/N-ethyl adjacent to an activating group) is 1. The first kappa shape index (κ1) is 15.7. The molecule has 2 aliphatic carbocycles. The maximum absolute atomic E-state index is 12.4. The summed E-state index contributed by atoms with van der Waals surface area (Å²) in [5, 5.41) is 3.58. The Hall–Kier alpha value is -0.650. The summed E-state index contributed by atoms with van der Waals surface area (Å²) in [5.74, 6) is 0.320. The summed E-state index contributed by atoms with van der Waals surface area (Å²) < 4.78 is 10.5. The Balaban J connectivity index is 1.98. The lowest BCUT2D eigenvalue weighted by Crippen LogP contribution is -2.61. The fourth-order valence-electron chi connectivity index (χ4n) is 2.80. The standard InChI is InChI=1S/C15H28N2O3/c1-4-20-10-9-17(2)11-15(12-5-6-12,14(18)19-3)16-13-7-8-13/h12-13,16H,4-11H2,1-3H3. The number of carbonyl (C=O) groups excluding carboxylic acids is 1. The molecule has 2 saturated carbocycles. The molecule has 0 radical (unpaired) electrons. The molecular formula is C15H28N2O3. The number of esters is 1. The summed E-state index contributed by atoms with van der Waals surface area (Å²) in [7, 11) is 3.54. The molecule has 0 aromatic rings.